The van der Waals surface area contributed by atoms with Crippen LogP contribution in [0.5, 0.6) is 0 Å². The zero-order valence-corrected chi connectivity index (χ0v) is 11.6. The summed E-state index contributed by atoms with van der Waals surface area (Å²) in [5, 5.41) is 9.00. The van der Waals surface area contributed by atoms with E-state index in [9.17, 15) is 9.18 Å². The Morgan fingerprint density at radius 3 is 2.60 bits per heavy atom. The molecule has 0 aliphatic carbocycles. The van der Waals surface area contributed by atoms with E-state index < -0.39 is 11.8 Å². The summed E-state index contributed by atoms with van der Waals surface area (Å²) >= 11 is 0. The Labute approximate surface area is 117 Å². The van der Waals surface area contributed by atoms with Crippen LogP contribution in [0.2, 0.25) is 0 Å². The highest BCUT2D eigenvalue weighted by atomic mass is 19.1. The summed E-state index contributed by atoms with van der Waals surface area (Å²) in [6.45, 7) is 4.25. The van der Waals surface area contributed by atoms with Gasteiger partial charge in [0.2, 0.25) is 0 Å². The lowest BCUT2D eigenvalue weighted by Crippen LogP contribution is -1.98. The van der Waals surface area contributed by atoms with Crippen molar-refractivity contribution in [1.82, 2.24) is 0 Å². The Hall–Kier alpha value is -2.16. The lowest BCUT2D eigenvalue weighted by Gasteiger charge is -2.09. The summed E-state index contributed by atoms with van der Waals surface area (Å²) in [6.07, 6.45) is 0.911. The average Bonchev–Trinajstić information content (AvgIpc) is 2.38. The van der Waals surface area contributed by atoms with Crippen LogP contribution in [0.1, 0.15) is 29.8 Å². The first kappa shape index (κ1) is 14.3. The molecule has 0 heterocycles. The Balaban J connectivity index is 2.45. The van der Waals surface area contributed by atoms with E-state index >= 15 is 0 Å². The zero-order valence-electron chi connectivity index (χ0n) is 11.6. The summed E-state index contributed by atoms with van der Waals surface area (Å²) in [7, 11) is 0. The van der Waals surface area contributed by atoms with Gasteiger partial charge >= 0.3 is 5.97 Å². The fourth-order valence-electron chi connectivity index (χ4n) is 2.22. The van der Waals surface area contributed by atoms with Crippen molar-refractivity contribution < 1.29 is 14.3 Å². The normalized spacial score (nSPS) is 10.8. The summed E-state index contributed by atoms with van der Waals surface area (Å²) in [4.78, 5) is 11.0. The van der Waals surface area contributed by atoms with E-state index in [4.69, 9.17) is 5.11 Å². The molecule has 0 aliphatic rings. The number of benzene rings is 2. The van der Waals surface area contributed by atoms with Crippen LogP contribution in [0.3, 0.4) is 0 Å². The van der Waals surface area contributed by atoms with Crippen molar-refractivity contribution in [3.05, 3.63) is 59.4 Å². The van der Waals surface area contributed by atoms with Gasteiger partial charge in [-0.1, -0.05) is 38.1 Å². The maximum atomic E-state index is 13.9. The molecule has 20 heavy (non-hydrogen) atoms. The van der Waals surface area contributed by atoms with Gasteiger partial charge in [-0.2, -0.15) is 0 Å². The van der Waals surface area contributed by atoms with E-state index in [1.54, 1.807) is 6.07 Å². The Morgan fingerprint density at radius 2 is 1.95 bits per heavy atom. The number of carboxylic acids is 1. The number of rotatable bonds is 4. The third kappa shape index (κ3) is 3.23. The second-order valence-corrected chi connectivity index (χ2v) is 5.30. The maximum Gasteiger partial charge on any atom is 0.335 e. The van der Waals surface area contributed by atoms with E-state index in [1.165, 1.54) is 18.2 Å². The van der Waals surface area contributed by atoms with Gasteiger partial charge in [0.1, 0.15) is 5.82 Å². The van der Waals surface area contributed by atoms with Crippen molar-refractivity contribution >= 4 is 5.97 Å². The van der Waals surface area contributed by atoms with Crippen molar-refractivity contribution in [3.63, 3.8) is 0 Å². The first-order valence-corrected chi connectivity index (χ1v) is 6.59. The molecule has 1 N–H and O–H groups in total. The van der Waals surface area contributed by atoms with Crippen LogP contribution in [-0.4, -0.2) is 11.1 Å². The van der Waals surface area contributed by atoms with Crippen LogP contribution in [0.25, 0.3) is 11.1 Å². The fourth-order valence-corrected chi connectivity index (χ4v) is 2.22. The summed E-state index contributed by atoms with van der Waals surface area (Å²) in [6, 6.07) is 11.5. The van der Waals surface area contributed by atoms with E-state index in [0.29, 0.717) is 17.0 Å². The van der Waals surface area contributed by atoms with Gasteiger partial charge in [-0.3, -0.25) is 0 Å². The smallest absolute Gasteiger partial charge is 0.335 e. The van der Waals surface area contributed by atoms with Crippen molar-refractivity contribution in [2.24, 2.45) is 5.92 Å². The Bertz CT molecular complexity index is 633. The van der Waals surface area contributed by atoms with Crippen molar-refractivity contribution in [1.29, 1.82) is 0 Å². The number of hydrogen-bond acceptors (Lipinski definition) is 1. The monoisotopic (exact) mass is 272 g/mol. The van der Waals surface area contributed by atoms with Crippen molar-refractivity contribution in [2.75, 3.05) is 0 Å². The minimum absolute atomic E-state index is 0.0932. The lowest BCUT2D eigenvalue weighted by atomic mass is 9.97. The van der Waals surface area contributed by atoms with Gasteiger partial charge in [-0.15, -0.1) is 0 Å². The van der Waals surface area contributed by atoms with E-state index in [2.05, 4.69) is 13.8 Å². The lowest BCUT2D eigenvalue weighted by molar-refractivity contribution is 0.0697. The second-order valence-electron chi connectivity index (χ2n) is 5.30. The molecule has 0 atom stereocenters. The molecular formula is C17H17FO2. The molecule has 0 aromatic heterocycles. The van der Waals surface area contributed by atoms with E-state index in [1.807, 2.05) is 18.2 Å². The number of hydrogen-bond donors (Lipinski definition) is 1. The molecule has 104 valence electrons. The van der Waals surface area contributed by atoms with Gasteiger partial charge in [-0.25, -0.2) is 9.18 Å². The highest BCUT2D eigenvalue weighted by Gasteiger charge is 2.10. The average molecular weight is 272 g/mol. The van der Waals surface area contributed by atoms with Gasteiger partial charge in [0.25, 0.3) is 0 Å². The van der Waals surface area contributed by atoms with E-state index in [0.717, 1.165) is 12.0 Å². The van der Waals surface area contributed by atoms with Crippen LogP contribution in [0.4, 0.5) is 4.39 Å². The molecule has 0 saturated heterocycles. The summed E-state index contributed by atoms with van der Waals surface area (Å²) in [5.74, 6) is -0.943. The minimum Gasteiger partial charge on any atom is -0.478 e. The molecule has 0 amide bonds. The van der Waals surface area contributed by atoms with Crippen LogP contribution < -0.4 is 0 Å². The standard InChI is InChI=1S/C17H17FO2/c1-11(2)8-12-4-3-5-13(9-12)15-10-14(17(19)20)6-7-16(15)18/h3-7,9-11H,8H2,1-2H3,(H,19,20). The largest absolute Gasteiger partial charge is 0.478 e. The van der Waals surface area contributed by atoms with Gasteiger partial charge < -0.3 is 5.11 Å². The Morgan fingerprint density at radius 1 is 1.20 bits per heavy atom. The van der Waals surface area contributed by atoms with Gasteiger partial charge in [0.15, 0.2) is 0 Å². The first-order chi connectivity index (χ1) is 9.47. The molecule has 0 bridgehead atoms. The van der Waals surface area contributed by atoms with Crippen LogP contribution >= 0.6 is 0 Å². The van der Waals surface area contributed by atoms with Crippen molar-refractivity contribution in [2.45, 2.75) is 20.3 Å². The third-order valence-electron chi connectivity index (χ3n) is 3.10. The molecule has 3 heteroatoms. The predicted molar refractivity (Wildman–Crippen MR) is 77.3 cm³/mol. The number of aromatic carboxylic acids is 1. The highest BCUT2D eigenvalue weighted by Crippen LogP contribution is 2.25. The molecule has 2 rings (SSSR count). The maximum absolute atomic E-state index is 13.9. The molecule has 0 radical (unpaired) electrons. The zero-order chi connectivity index (χ0) is 14.7. The Kier molecular flexibility index (Phi) is 4.18. The fraction of sp³-hybridized carbons (Fsp3) is 0.235. The van der Waals surface area contributed by atoms with Gasteiger partial charge in [0.05, 0.1) is 5.56 Å². The molecule has 2 nitrogen and oxygen atoms in total. The minimum atomic E-state index is -1.05. The van der Waals surface area contributed by atoms with Crippen LogP contribution in [-0.2, 0) is 6.42 Å². The molecule has 0 saturated carbocycles. The molecule has 0 spiro atoms. The van der Waals surface area contributed by atoms with Gasteiger partial charge in [-0.05, 0) is 41.7 Å². The predicted octanol–water partition coefficient (Wildman–Crippen LogP) is 4.39. The number of halogens is 1. The summed E-state index contributed by atoms with van der Waals surface area (Å²) in [5.41, 5.74) is 2.26. The molecule has 0 aliphatic heterocycles. The summed E-state index contributed by atoms with van der Waals surface area (Å²) < 4.78 is 13.9. The molecule has 0 fully saturated rings. The molecular weight excluding hydrogens is 255 g/mol. The van der Waals surface area contributed by atoms with Crippen LogP contribution in [0.15, 0.2) is 42.5 Å². The number of carboxylic acid groups (broad SMARTS) is 1. The third-order valence-corrected chi connectivity index (χ3v) is 3.10. The first-order valence-electron chi connectivity index (χ1n) is 6.59. The van der Waals surface area contributed by atoms with Crippen molar-refractivity contribution in [3.8, 4) is 11.1 Å². The molecule has 2 aromatic rings. The SMILES string of the molecule is CC(C)Cc1cccc(-c2cc(C(=O)O)ccc2F)c1. The van der Waals surface area contributed by atoms with Gasteiger partial charge in [0, 0.05) is 5.56 Å². The number of carbonyl (C=O) groups is 1. The van der Waals surface area contributed by atoms with E-state index in [-0.39, 0.29) is 5.56 Å². The second kappa shape index (κ2) is 5.87. The van der Waals surface area contributed by atoms with Crippen LogP contribution in [0, 0.1) is 11.7 Å². The molecule has 2 aromatic carbocycles. The topological polar surface area (TPSA) is 37.3 Å². The highest BCUT2D eigenvalue weighted by molar-refractivity contribution is 5.89. The quantitative estimate of drug-likeness (QED) is 0.896. The molecule has 0 unspecified atom stereocenters.